The summed E-state index contributed by atoms with van der Waals surface area (Å²) in [4.78, 5) is 20.3. The zero-order valence-electron chi connectivity index (χ0n) is 7.42. The molecule has 0 aliphatic carbocycles. The van der Waals surface area contributed by atoms with Gasteiger partial charge in [-0.2, -0.15) is 0 Å². The van der Waals surface area contributed by atoms with E-state index in [1.165, 1.54) is 12.4 Å². The van der Waals surface area contributed by atoms with Gasteiger partial charge in [0.2, 0.25) is 5.82 Å². The van der Waals surface area contributed by atoms with Crippen molar-refractivity contribution in [2.45, 2.75) is 0 Å². The van der Waals surface area contributed by atoms with Crippen molar-refractivity contribution < 1.29 is 4.79 Å². The molecule has 0 fully saturated rings. The number of aromatic amines is 1. The number of H-pyrrole nitrogens is 1. The van der Waals surface area contributed by atoms with Gasteiger partial charge in [-0.15, -0.1) is 0 Å². The molecule has 0 bridgehead atoms. The molecule has 2 aromatic rings. The van der Waals surface area contributed by atoms with Crippen LogP contribution in [-0.2, 0) is 0 Å². The highest BCUT2D eigenvalue weighted by Gasteiger charge is 1.98. The maximum atomic E-state index is 10.3. The Kier molecular flexibility index (Phi) is 3.87. The standard InChI is InChI=1S/C5H5N3O.C4H5N/c6-4(9)5-7-2-1-3-8-5;1-2-4-5-3-1/h1-3H,(H2,6,9);1-5H. The fourth-order valence-electron chi connectivity index (χ4n) is 0.704. The Morgan fingerprint density at radius 3 is 2.00 bits per heavy atom. The van der Waals surface area contributed by atoms with Crippen LogP contribution in [0.2, 0.25) is 0 Å². The molecule has 1 amide bonds. The quantitative estimate of drug-likeness (QED) is 0.690. The normalized spacial score (nSPS) is 8.57. The number of nitrogens with one attached hydrogen (secondary N) is 1. The molecular formula is C9H10N4O. The lowest BCUT2D eigenvalue weighted by atomic mass is 10.5. The second-order valence-corrected chi connectivity index (χ2v) is 2.32. The Balaban J connectivity index is 0.000000165. The fourth-order valence-corrected chi connectivity index (χ4v) is 0.704. The largest absolute Gasteiger partial charge is 0.368 e. The number of rotatable bonds is 1. The number of amides is 1. The van der Waals surface area contributed by atoms with Crippen LogP contribution in [0.1, 0.15) is 10.6 Å². The Bertz CT molecular complexity index is 340. The molecule has 2 heterocycles. The van der Waals surface area contributed by atoms with Gasteiger partial charge in [-0.05, 0) is 18.2 Å². The van der Waals surface area contributed by atoms with Crippen molar-refractivity contribution in [2.24, 2.45) is 5.73 Å². The molecule has 0 spiro atoms. The summed E-state index contributed by atoms with van der Waals surface area (Å²) in [5, 5.41) is 0. The number of primary amides is 1. The lowest BCUT2D eigenvalue weighted by Gasteiger charge is -1.87. The number of hydrogen-bond acceptors (Lipinski definition) is 3. The molecule has 0 aliphatic rings. The van der Waals surface area contributed by atoms with Crippen LogP contribution in [0.4, 0.5) is 0 Å². The molecule has 5 nitrogen and oxygen atoms in total. The minimum Gasteiger partial charge on any atom is -0.368 e. The van der Waals surface area contributed by atoms with Crippen LogP contribution >= 0.6 is 0 Å². The van der Waals surface area contributed by atoms with E-state index in [1.807, 2.05) is 24.5 Å². The minimum absolute atomic E-state index is 0.0532. The molecular weight excluding hydrogens is 180 g/mol. The Morgan fingerprint density at radius 2 is 1.71 bits per heavy atom. The van der Waals surface area contributed by atoms with Gasteiger partial charge in [0.1, 0.15) is 0 Å². The van der Waals surface area contributed by atoms with Crippen molar-refractivity contribution in [3.05, 3.63) is 48.8 Å². The van der Waals surface area contributed by atoms with Crippen LogP contribution in [0.3, 0.4) is 0 Å². The summed E-state index contributed by atoms with van der Waals surface area (Å²) in [6, 6.07) is 5.51. The van der Waals surface area contributed by atoms with Crippen LogP contribution < -0.4 is 5.73 Å². The van der Waals surface area contributed by atoms with Crippen molar-refractivity contribution in [1.29, 1.82) is 0 Å². The summed E-state index contributed by atoms with van der Waals surface area (Å²) in [5.41, 5.74) is 4.85. The number of carbonyl (C=O) groups is 1. The topological polar surface area (TPSA) is 84.7 Å². The van der Waals surface area contributed by atoms with Crippen LogP contribution in [0.25, 0.3) is 0 Å². The third kappa shape index (κ3) is 3.48. The number of hydrogen-bond donors (Lipinski definition) is 2. The highest BCUT2D eigenvalue weighted by Crippen LogP contribution is 1.82. The predicted molar refractivity (Wildman–Crippen MR) is 51.3 cm³/mol. The zero-order valence-corrected chi connectivity index (χ0v) is 7.42. The lowest BCUT2D eigenvalue weighted by molar-refractivity contribution is 0.0990. The SMILES string of the molecule is NC(=O)c1ncccn1.c1cc[nH]c1. The van der Waals surface area contributed by atoms with Crippen molar-refractivity contribution in [3.8, 4) is 0 Å². The molecule has 72 valence electrons. The van der Waals surface area contributed by atoms with Crippen LogP contribution in [-0.4, -0.2) is 20.9 Å². The second-order valence-electron chi connectivity index (χ2n) is 2.32. The van der Waals surface area contributed by atoms with Gasteiger partial charge in [-0.3, -0.25) is 4.79 Å². The smallest absolute Gasteiger partial charge is 0.286 e. The lowest BCUT2D eigenvalue weighted by Crippen LogP contribution is -2.14. The fraction of sp³-hybridized carbons (Fsp3) is 0. The van der Waals surface area contributed by atoms with E-state index in [-0.39, 0.29) is 5.82 Å². The summed E-state index contributed by atoms with van der Waals surface area (Å²) in [6.45, 7) is 0. The number of aromatic nitrogens is 3. The molecule has 3 N–H and O–H groups in total. The van der Waals surface area contributed by atoms with Gasteiger partial charge in [0, 0.05) is 24.8 Å². The maximum Gasteiger partial charge on any atom is 0.286 e. The molecule has 14 heavy (non-hydrogen) atoms. The van der Waals surface area contributed by atoms with Crippen LogP contribution in [0.15, 0.2) is 43.0 Å². The maximum absolute atomic E-state index is 10.3. The average molecular weight is 190 g/mol. The number of nitrogens with two attached hydrogens (primary N) is 1. The van der Waals surface area contributed by atoms with E-state index in [0.717, 1.165) is 0 Å². The monoisotopic (exact) mass is 190 g/mol. The van der Waals surface area contributed by atoms with Crippen molar-refractivity contribution in [3.63, 3.8) is 0 Å². The third-order valence-electron chi connectivity index (χ3n) is 1.28. The second kappa shape index (κ2) is 5.47. The summed E-state index contributed by atoms with van der Waals surface area (Å²) in [7, 11) is 0. The van der Waals surface area contributed by atoms with Gasteiger partial charge in [0.25, 0.3) is 5.91 Å². The Labute approximate surface area is 81.0 Å². The van der Waals surface area contributed by atoms with E-state index in [9.17, 15) is 4.79 Å². The Hall–Kier alpha value is -2.17. The molecule has 2 rings (SSSR count). The molecule has 5 heteroatoms. The van der Waals surface area contributed by atoms with E-state index < -0.39 is 5.91 Å². The van der Waals surface area contributed by atoms with Crippen molar-refractivity contribution in [2.75, 3.05) is 0 Å². The summed E-state index contributed by atoms with van der Waals surface area (Å²) < 4.78 is 0. The summed E-state index contributed by atoms with van der Waals surface area (Å²) in [6.07, 6.45) is 6.68. The molecule has 0 radical (unpaired) electrons. The highest BCUT2D eigenvalue weighted by atomic mass is 16.1. The first-order valence-corrected chi connectivity index (χ1v) is 3.95. The van der Waals surface area contributed by atoms with E-state index in [4.69, 9.17) is 5.73 Å². The highest BCUT2D eigenvalue weighted by molar-refractivity contribution is 5.88. The number of carbonyl (C=O) groups excluding carboxylic acids is 1. The molecule has 0 atom stereocenters. The van der Waals surface area contributed by atoms with E-state index in [1.54, 1.807) is 6.07 Å². The summed E-state index contributed by atoms with van der Waals surface area (Å²) >= 11 is 0. The van der Waals surface area contributed by atoms with Gasteiger partial charge in [-0.25, -0.2) is 9.97 Å². The number of nitrogens with zero attached hydrogens (tertiary/aromatic N) is 2. The van der Waals surface area contributed by atoms with E-state index in [0.29, 0.717) is 0 Å². The minimum atomic E-state index is -0.601. The van der Waals surface area contributed by atoms with Crippen LogP contribution in [0, 0.1) is 0 Å². The van der Waals surface area contributed by atoms with Gasteiger partial charge in [0.05, 0.1) is 0 Å². The van der Waals surface area contributed by atoms with Gasteiger partial charge in [-0.1, -0.05) is 0 Å². The van der Waals surface area contributed by atoms with Gasteiger partial charge >= 0.3 is 0 Å². The first-order valence-electron chi connectivity index (χ1n) is 3.95. The third-order valence-corrected chi connectivity index (χ3v) is 1.28. The molecule has 0 unspecified atom stereocenters. The average Bonchev–Trinajstić information content (AvgIpc) is 2.77. The summed E-state index contributed by atoms with van der Waals surface area (Å²) in [5.74, 6) is -0.548. The predicted octanol–water partition coefficient (Wildman–Crippen LogP) is 0.590. The molecule has 0 aromatic carbocycles. The molecule has 2 aromatic heterocycles. The molecule has 0 saturated carbocycles. The van der Waals surface area contributed by atoms with Gasteiger partial charge < -0.3 is 10.7 Å². The molecule has 0 saturated heterocycles. The van der Waals surface area contributed by atoms with Crippen molar-refractivity contribution in [1.82, 2.24) is 15.0 Å². The first kappa shape index (κ1) is 9.91. The molecule has 0 aliphatic heterocycles. The van der Waals surface area contributed by atoms with E-state index in [2.05, 4.69) is 15.0 Å². The van der Waals surface area contributed by atoms with Gasteiger partial charge in [0.15, 0.2) is 0 Å². The van der Waals surface area contributed by atoms with Crippen molar-refractivity contribution >= 4 is 5.91 Å². The first-order chi connectivity index (χ1) is 6.80. The van der Waals surface area contributed by atoms with E-state index >= 15 is 0 Å². The van der Waals surface area contributed by atoms with Crippen LogP contribution in [0.5, 0.6) is 0 Å². The zero-order chi connectivity index (χ0) is 10.2. The Morgan fingerprint density at radius 1 is 1.14 bits per heavy atom.